The highest BCUT2D eigenvalue weighted by molar-refractivity contribution is 6.32. The Bertz CT molecular complexity index is 1100. The van der Waals surface area contributed by atoms with Crippen LogP contribution >= 0.6 is 11.6 Å². The first kappa shape index (κ1) is 25.4. The van der Waals surface area contributed by atoms with Gasteiger partial charge in [-0.2, -0.15) is 0 Å². The molecule has 0 saturated carbocycles. The Morgan fingerprint density at radius 2 is 1.71 bits per heavy atom. The molecule has 0 spiro atoms. The monoisotopic (exact) mass is 481 g/mol. The normalized spacial score (nSPS) is 11.6. The second-order valence-corrected chi connectivity index (χ2v) is 8.50. The highest BCUT2D eigenvalue weighted by Gasteiger charge is 2.14. The topological polar surface area (TPSA) is 56.8 Å². The number of nitrogens with one attached hydrogen (secondary N) is 1. The van der Waals surface area contributed by atoms with E-state index in [0.29, 0.717) is 39.4 Å². The summed E-state index contributed by atoms with van der Waals surface area (Å²) in [4.78, 5) is 12.2. The third-order valence-corrected chi connectivity index (χ3v) is 6.11. The SMILES string of the molecule is CCCCC(CC)c1ccc(Oc2ccc(Nc3ccc(OC)cc3C(=O)OC)cc2)c(Cl)c1. The fourth-order valence-electron chi connectivity index (χ4n) is 3.84. The van der Waals surface area contributed by atoms with Crippen molar-refractivity contribution in [3.63, 3.8) is 0 Å². The number of esters is 1. The van der Waals surface area contributed by atoms with Gasteiger partial charge in [-0.15, -0.1) is 0 Å². The highest BCUT2D eigenvalue weighted by Crippen LogP contribution is 2.35. The number of unbranched alkanes of at least 4 members (excludes halogenated alkanes) is 1. The summed E-state index contributed by atoms with van der Waals surface area (Å²) in [5.74, 6) is 1.94. The van der Waals surface area contributed by atoms with Gasteiger partial charge in [0.2, 0.25) is 0 Å². The van der Waals surface area contributed by atoms with Gasteiger partial charge in [0.15, 0.2) is 0 Å². The second-order valence-electron chi connectivity index (χ2n) is 8.09. The number of hydrogen-bond donors (Lipinski definition) is 1. The number of halogens is 1. The van der Waals surface area contributed by atoms with E-state index in [-0.39, 0.29) is 0 Å². The predicted octanol–water partition coefficient (Wildman–Crippen LogP) is 8.35. The van der Waals surface area contributed by atoms with E-state index in [4.69, 9.17) is 25.8 Å². The maximum absolute atomic E-state index is 12.2. The zero-order valence-electron chi connectivity index (χ0n) is 20.2. The van der Waals surface area contributed by atoms with Crippen molar-refractivity contribution in [1.29, 1.82) is 0 Å². The van der Waals surface area contributed by atoms with Crippen molar-refractivity contribution in [2.75, 3.05) is 19.5 Å². The van der Waals surface area contributed by atoms with Gasteiger partial charge in [0.05, 0.1) is 30.5 Å². The van der Waals surface area contributed by atoms with Crippen LogP contribution in [0.1, 0.15) is 61.4 Å². The minimum absolute atomic E-state index is 0.387. The Hall–Kier alpha value is -3.18. The predicted molar refractivity (Wildman–Crippen MR) is 138 cm³/mol. The number of benzene rings is 3. The molecule has 0 bridgehead atoms. The molecule has 0 heterocycles. The lowest BCUT2D eigenvalue weighted by atomic mass is 9.91. The van der Waals surface area contributed by atoms with Crippen LogP contribution in [0.2, 0.25) is 5.02 Å². The third-order valence-electron chi connectivity index (χ3n) is 5.82. The molecular weight excluding hydrogens is 450 g/mol. The van der Waals surface area contributed by atoms with Crippen molar-refractivity contribution in [3.8, 4) is 17.2 Å². The maximum atomic E-state index is 12.2. The van der Waals surface area contributed by atoms with E-state index in [1.165, 1.54) is 31.9 Å². The first-order valence-electron chi connectivity index (χ1n) is 11.6. The standard InChI is InChI=1S/C28H32ClNO4/c1-5-7-8-19(6-2)20-9-16-27(25(29)17-20)34-22-12-10-21(11-13-22)30-26-15-14-23(32-3)18-24(26)28(31)33-4/h9-19,30H,5-8H2,1-4H3. The van der Waals surface area contributed by atoms with E-state index in [1.807, 2.05) is 36.4 Å². The molecule has 1 N–H and O–H groups in total. The third kappa shape index (κ3) is 6.45. The fourth-order valence-corrected chi connectivity index (χ4v) is 4.07. The van der Waals surface area contributed by atoms with Crippen LogP contribution in [-0.2, 0) is 4.74 Å². The van der Waals surface area contributed by atoms with E-state index in [0.717, 1.165) is 12.1 Å². The number of methoxy groups -OCH3 is 2. The van der Waals surface area contributed by atoms with Gasteiger partial charge in [0, 0.05) is 5.69 Å². The highest BCUT2D eigenvalue weighted by atomic mass is 35.5. The Morgan fingerprint density at radius 1 is 0.971 bits per heavy atom. The van der Waals surface area contributed by atoms with Gasteiger partial charge >= 0.3 is 5.97 Å². The summed E-state index contributed by atoms with van der Waals surface area (Å²) >= 11 is 6.55. The minimum atomic E-state index is -0.445. The molecule has 0 amide bonds. The molecule has 1 unspecified atom stereocenters. The van der Waals surface area contributed by atoms with Crippen LogP contribution < -0.4 is 14.8 Å². The second kappa shape index (κ2) is 12.3. The van der Waals surface area contributed by atoms with Crippen molar-refractivity contribution >= 4 is 28.9 Å². The average molecular weight is 482 g/mol. The molecule has 0 aliphatic heterocycles. The molecule has 180 valence electrons. The molecule has 1 atom stereocenters. The zero-order chi connectivity index (χ0) is 24.5. The summed E-state index contributed by atoms with van der Waals surface area (Å²) in [5, 5.41) is 3.85. The van der Waals surface area contributed by atoms with Crippen LogP contribution in [0.15, 0.2) is 60.7 Å². The zero-order valence-corrected chi connectivity index (χ0v) is 20.9. The van der Waals surface area contributed by atoms with Crippen LogP contribution in [0.4, 0.5) is 11.4 Å². The van der Waals surface area contributed by atoms with Gasteiger partial charge in [-0.05, 0) is 78.9 Å². The summed E-state index contributed by atoms with van der Waals surface area (Å²) in [6, 6.07) is 18.7. The van der Waals surface area contributed by atoms with Gasteiger partial charge in [-0.3, -0.25) is 0 Å². The van der Waals surface area contributed by atoms with E-state index >= 15 is 0 Å². The molecule has 6 heteroatoms. The molecule has 3 aromatic rings. The lowest BCUT2D eigenvalue weighted by Gasteiger charge is -2.17. The Labute approximate surface area is 207 Å². The molecular formula is C28H32ClNO4. The number of hydrogen-bond acceptors (Lipinski definition) is 5. The van der Waals surface area contributed by atoms with Crippen molar-refractivity contribution in [1.82, 2.24) is 0 Å². The molecule has 5 nitrogen and oxygen atoms in total. The van der Waals surface area contributed by atoms with Crippen molar-refractivity contribution in [2.24, 2.45) is 0 Å². The first-order chi connectivity index (χ1) is 16.5. The number of carbonyl (C=O) groups is 1. The van der Waals surface area contributed by atoms with Gasteiger partial charge in [0.1, 0.15) is 17.2 Å². The number of ether oxygens (including phenoxy) is 3. The molecule has 0 aromatic heterocycles. The molecule has 3 rings (SSSR count). The van der Waals surface area contributed by atoms with Crippen LogP contribution in [0.5, 0.6) is 17.2 Å². The fraction of sp³-hybridized carbons (Fsp3) is 0.321. The van der Waals surface area contributed by atoms with E-state index in [2.05, 4.69) is 25.2 Å². The first-order valence-corrected chi connectivity index (χ1v) is 12.0. The molecule has 0 radical (unpaired) electrons. The van der Waals surface area contributed by atoms with Crippen LogP contribution in [0.3, 0.4) is 0 Å². The van der Waals surface area contributed by atoms with E-state index < -0.39 is 5.97 Å². The molecule has 0 aliphatic rings. The quantitative estimate of drug-likeness (QED) is 0.279. The molecule has 0 fully saturated rings. The van der Waals surface area contributed by atoms with Gasteiger partial charge < -0.3 is 19.5 Å². The van der Waals surface area contributed by atoms with E-state index in [1.54, 1.807) is 25.3 Å². The Balaban J connectivity index is 1.72. The minimum Gasteiger partial charge on any atom is -0.497 e. The van der Waals surface area contributed by atoms with Crippen LogP contribution in [0.25, 0.3) is 0 Å². The lowest BCUT2D eigenvalue weighted by Crippen LogP contribution is -2.06. The van der Waals surface area contributed by atoms with Gasteiger partial charge in [-0.1, -0.05) is 44.4 Å². The van der Waals surface area contributed by atoms with Gasteiger partial charge in [0.25, 0.3) is 0 Å². The molecule has 0 saturated heterocycles. The summed E-state index contributed by atoms with van der Waals surface area (Å²) in [7, 11) is 2.90. The summed E-state index contributed by atoms with van der Waals surface area (Å²) in [6.45, 7) is 4.43. The smallest absolute Gasteiger partial charge is 0.340 e. The average Bonchev–Trinajstić information content (AvgIpc) is 2.86. The van der Waals surface area contributed by atoms with E-state index in [9.17, 15) is 4.79 Å². The van der Waals surface area contributed by atoms with Crippen LogP contribution in [-0.4, -0.2) is 20.2 Å². The van der Waals surface area contributed by atoms with Crippen LogP contribution in [0, 0.1) is 0 Å². The molecule has 3 aromatic carbocycles. The summed E-state index contributed by atoms with van der Waals surface area (Å²) in [5.41, 5.74) is 3.06. The Morgan fingerprint density at radius 3 is 2.32 bits per heavy atom. The molecule has 34 heavy (non-hydrogen) atoms. The number of carbonyl (C=O) groups excluding carboxylic acids is 1. The summed E-state index contributed by atoms with van der Waals surface area (Å²) < 4.78 is 16.1. The lowest BCUT2D eigenvalue weighted by molar-refractivity contribution is 0.0601. The van der Waals surface area contributed by atoms with Crippen molar-refractivity contribution in [3.05, 3.63) is 76.8 Å². The molecule has 0 aliphatic carbocycles. The largest absolute Gasteiger partial charge is 0.497 e. The summed E-state index contributed by atoms with van der Waals surface area (Å²) in [6.07, 6.45) is 4.67. The Kier molecular flexibility index (Phi) is 9.23. The maximum Gasteiger partial charge on any atom is 0.340 e. The van der Waals surface area contributed by atoms with Crippen molar-refractivity contribution in [2.45, 2.75) is 45.4 Å². The number of anilines is 2. The van der Waals surface area contributed by atoms with Gasteiger partial charge in [-0.25, -0.2) is 4.79 Å². The van der Waals surface area contributed by atoms with Crippen molar-refractivity contribution < 1.29 is 19.0 Å². The number of rotatable bonds is 11.